The number of hydrogen-bond acceptors (Lipinski definition) is 5. The van der Waals surface area contributed by atoms with Gasteiger partial charge in [-0.2, -0.15) is 0 Å². The highest BCUT2D eigenvalue weighted by molar-refractivity contribution is 5.81. The van der Waals surface area contributed by atoms with Crippen LogP contribution in [-0.2, 0) is 14.3 Å². The van der Waals surface area contributed by atoms with E-state index in [1.807, 2.05) is 0 Å². The van der Waals surface area contributed by atoms with Crippen molar-refractivity contribution in [2.45, 2.75) is 76.0 Å². The highest BCUT2D eigenvalue weighted by atomic mass is 16.5. The summed E-state index contributed by atoms with van der Waals surface area (Å²) in [5, 5.41) is 15.6. The number of piperidine rings is 1. The number of nitrogens with zero attached hydrogens (tertiary/aromatic N) is 1. The Morgan fingerprint density at radius 1 is 1.07 bits per heavy atom. The standard InChI is InChI=1S/C20H35N3O4/c24-14-18-17(22-20(26)15-4-5-15)7-6-16(27-18)8-10-21-19(25)9-13-23-11-2-1-3-12-23/h15-18,24H,1-14H2,(H,21,25)(H,22,26)/t16-,17+,18-/m0/s1. The van der Waals surface area contributed by atoms with Crippen LogP contribution in [0.5, 0.6) is 0 Å². The van der Waals surface area contributed by atoms with E-state index in [2.05, 4.69) is 15.5 Å². The van der Waals surface area contributed by atoms with E-state index in [9.17, 15) is 14.7 Å². The SMILES string of the molecule is O=C(CCN1CCCCC1)NCC[C@@H]1CC[C@@H](NC(=O)C2CC2)[C@H](CO)O1. The smallest absolute Gasteiger partial charge is 0.223 e. The van der Waals surface area contributed by atoms with E-state index in [1.54, 1.807) is 0 Å². The summed E-state index contributed by atoms with van der Waals surface area (Å²) in [6.07, 6.45) is 8.39. The van der Waals surface area contributed by atoms with Gasteiger partial charge in [0.15, 0.2) is 0 Å². The Hall–Kier alpha value is -1.18. The lowest BCUT2D eigenvalue weighted by atomic mass is 9.97. The minimum absolute atomic E-state index is 0.0265. The molecule has 0 aromatic heterocycles. The molecule has 27 heavy (non-hydrogen) atoms. The Bertz CT molecular complexity index is 492. The van der Waals surface area contributed by atoms with Crippen LogP contribution in [0.2, 0.25) is 0 Å². The van der Waals surface area contributed by atoms with Crippen LogP contribution in [0.15, 0.2) is 0 Å². The van der Waals surface area contributed by atoms with Crippen molar-refractivity contribution >= 4 is 11.8 Å². The Kier molecular flexibility index (Phi) is 7.91. The van der Waals surface area contributed by atoms with Gasteiger partial charge in [0, 0.05) is 25.4 Å². The summed E-state index contributed by atoms with van der Waals surface area (Å²) in [6.45, 7) is 3.59. The number of carbonyl (C=O) groups excluding carboxylic acids is 2. The fourth-order valence-corrected chi connectivity index (χ4v) is 4.06. The quantitative estimate of drug-likeness (QED) is 0.550. The van der Waals surface area contributed by atoms with E-state index in [-0.39, 0.29) is 42.6 Å². The number of likely N-dealkylation sites (tertiary alicyclic amines) is 1. The third-order valence-corrected chi connectivity index (χ3v) is 5.96. The van der Waals surface area contributed by atoms with Crippen molar-refractivity contribution in [2.24, 2.45) is 5.92 Å². The maximum Gasteiger partial charge on any atom is 0.223 e. The molecule has 3 fully saturated rings. The molecule has 154 valence electrons. The molecule has 0 radical (unpaired) electrons. The molecule has 0 aromatic carbocycles. The molecule has 7 nitrogen and oxygen atoms in total. The number of rotatable bonds is 9. The van der Waals surface area contributed by atoms with Gasteiger partial charge < -0.3 is 25.4 Å². The summed E-state index contributed by atoms with van der Waals surface area (Å²) in [5.74, 6) is 0.369. The van der Waals surface area contributed by atoms with Crippen molar-refractivity contribution in [3.05, 3.63) is 0 Å². The first-order chi connectivity index (χ1) is 13.2. The van der Waals surface area contributed by atoms with Crippen LogP contribution < -0.4 is 10.6 Å². The Morgan fingerprint density at radius 2 is 1.85 bits per heavy atom. The van der Waals surface area contributed by atoms with E-state index in [0.717, 1.165) is 51.7 Å². The van der Waals surface area contributed by atoms with Crippen LogP contribution in [0.1, 0.15) is 57.8 Å². The molecular weight excluding hydrogens is 346 g/mol. The van der Waals surface area contributed by atoms with Gasteiger partial charge in [-0.25, -0.2) is 0 Å². The van der Waals surface area contributed by atoms with Crippen LogP contribution in [0.3, 0.4) is 0 Å². The van der Waals surface area contributed by atoms with Gasteiger partial charge in [0.2, 0.25) is 11.8 Å². The topological polar surface area (TPSA) is 90.9 Å². The average molecular weight is 382 g/mol. The van der Waals surface area contributed by atoms with Gasteiger partial charge in [0.1, 0.15) is 6.10 Å². The first kappa shape index (κ1) is 20.6. The molecule has 2 heterocycles. The predicted octanol–water partition coefficient (Wildman–Crippen LogP) is 0.803. The number of carbonyl (C=O) groups is 2. The lowest BCUT2D eigenvalue weighted by Crippen LogP contribution is -2.51. The molecule has 0 aromatic rings. The summed E-state index contributed by atoms with van der Waals surface area (Å²) in [6, 6.07) is -0.0986. The molecule has 0 spiro atoms. The van der Waals surface area contributed by atoms with Crippen molar-refractivity contribution in [3.63, 3.8) is 0 Å². The number of aliphatic hydroxyl groups excluding tert-OH is 1. The maximum atomic E-state index is 12.0. The lowest BCUT2D eigenvalue weighted by Gasteiger charge is -2.36. The Morgan fingerprint density at radius 3 is 2.56 bits per heavy atom. The van der Waals surface area contributed by atoms with Gasteiger partial charge in [-0.3, -0.25) is 9.59 Å². The summed E-state index contributed by atoms with van der Waals surface area (Å²) < 4.78 is 5.96. The second kappa shape index (κ2) is 10.4. The molecule has 1 saturated carbocycles. The Balaban J connectivity index is 1.29. The van der Waals surface area contributed by atoms with Crippen LogP contribution in [-0.4, -0.2) is 72.9 Å². The van der Waals surface area contributed by atoms with E-state index < -0.39 is 0 Å². The van der Waals surface area contributed by atoms with Crippen LogP contribution in [0, 0.1) is 5.92 Å². The highest BCUT2D eigenvalue weighted by Crippen LogP contribution is 2.30. The fourth-order valence-electron chi connectivity index (χ4n) is 4.06. The number of ether oxygens (including phenoxy) is 1. The van der Waals surface area contributed by atoms with Crippen LogP contribution in [0.4, 0.5) is 0 Å². The molecule has 2 amide bonds. The largest absolute Gasteiger partial charge is 0.394 e. The summed E-state index contributed by atoms with van der Waals surface area (Å²) in [7, 11) is 0. The molecule has 3 N–H and O–H groups in total. The van der Waals surface area contributed by atoms with Gasteiger partial charge in [-0.15, -0.1) is 0 Å². The number of nitrogens with one attached hydrogen (secondary N) is 2. The van der Waals surface area contributed by atoms with E-state index >= 15 is 0 Å². The molecule has 3 aliphatic rings. The molecule has 3 atom stereocenters. The van der Waals surface area contributed by atoms with Crippen molar-refractivity contribution in [1.29, 1.82) is 0 Å². The van der Waals surface area contributed by atoms with E-state index in [1.165, 1.54) is 19.3 Å². The minimum Gasteiger partial charge on any atom is -0.394 e. The molecule has 0 unspecified atom stereocenters. The lowest BCUT2D eigenvalue weighted by molar-refractivity contribution is -0.130. The first-order valence-corrected chi connectivity index (χ1v) is 10.7. The fraction of sp³-hybridized carbons (Fsp3) is 0.900. The molecule has 3 rings (SSSR count). The van der Waals surface area contributed by atoms with Gasteiger partial charge >= 0.3 is 0 Å². The molecule has 7 heteroatoms. The third-order valence-electron chi connectivity index (χ3n) is 5.96. The zero-order valence-electron chi connectivity index (χ0n) is 16.3. The normalized spacial score (nSPS) is 29.3. The first-order valence-electron chi connectivity index (χ1n) is 10.7. The van der Waals surface area contributed by atoms with Gasteiger partial charge in [-0.1, -0.05) is 6.42 Å². The average Bonchev–Trinajstić information content (AvgIpc) is 3.53. The third kappa shape index (κ3) is 6.73. The maximum absolute atomic E-state index is 12.0. The van der Waals surface area contributed by atoms with Crippen molar-refractivity contribution < 1.29 is 19.4 Å². The van der Waals surface area contributed by atoms with Crippen LogP contribution in [0.25, 0.3) is 0 Å². The number of aliphatic hydroxyl groups is 1. The second-order valence-electron chi connectivity index (χ2n) is 8.24. The number of hydrogen-bond donors (Lipinski definition) is 3. The van der Waals surface area contributed by atoms with Crippen molar-refractivity contribution in [2.75, 3.05) is 32.8 Å². The van der Waals surface area contributed by atoms with Gasteiger partial charge in [0.05, 0.1) is 18.8 Å². The van der Waals surface area contributed by atoms with E-state index in [0.29, 0.717) is 13.0 Å². The summed E-state index contributed by atoms with van der Waals surface area (Å²) >= 11 is 0. The predicted molar refractivity (Wildman–Crippen MR) is 102 cm³/mol. The van der Waals surface area contributed by atoms with Crippen LogP contribution >= 0.6 is 0 Å². The second-order valence-corrected chi connectivity index (χ2v) is 8.24. The van der Waals surface area contributed by atoms with Crippen molar-refractivity contribution in [3.8, 4) is 0 Å². The molecular formula is C20H35N3O4. The molecule has 2 saturated heterocycles. The zero-order valence-corrected chi connectivity index (χ0v) is 16.3. The number of amides is 2. The minimum atomic E-state index is -0.346. The van der Waals surface area contributed by atoms with Gasteiger partial charge in [0.25, 0.3) is 0 Å². The monoisotopic (exact) mass is 381 g/mol. The molecule has 2 aliphatic heterocycles. The Labute approximate surface area is 162 Å². The summed E-state index contributed by atoms with van der Waals surface area (Å²) in [5.41, 5.74) is 0. The molecule has 0 bridgehead atoms. The zero-order chi connectivity index (χ0) is 19.1. The molecule has 1 aliphatic carbocycles. The van der Waals surface area contributed by atoms with Gasteiger partial charge in [-0.05, 0) is 58.0 Å². The summed E-state index contributed by atoms with van der Waals surface area (Å²) in [4.78, 5) is 26.3. The van der Waals surface area contributed by atoms with E-state index in [4.69, 9.17) is 4.74 Å². The highest BCUT2D eigenvalue weighted by Gasteiger charge is 2.36. The van der Waals surface area contributed by atoms with Crippen molar-refractivity contribution in [1.82, 2.24) is 15.5 Å².